The lowest BCUT2D eigenvalue weighted by Gasteiger charge is -2.26. The van der Waals surface area contributed by atoms with Crippen LogP contribution in [0.1, 0.15) is 38.8 Å². The number of aromatic nitrogens is 3. The number of nitrogens with zero attached hydrogens (tertiary/aromatic N) is 3. The molecule has 7 nitrogen and oxygen atoms in total. The first-order valence-corrected chi connectivity index (χ1v) is 10.4. The Labute approximate surface area is 188 Å². The normalized spacial score (nSPS) is 15.2. The fourth-order valence-corrected chi connectivity index (χ4v) is 4.31. The van der Waals surface area contributed by atoms with Crippen LogP contribution in [0.15, 0.2) is 60.9 Å². The Bertz CT molecular complexity index is 1340. The van der Waals surface area contributed by atoms with Crippen molar-refractivity contribution in [1.29, 1.82) is 0 Å². The number of phenolic OH excluding ortho intramolecular Hbond substituents is 2. The number of carbonyl (C=O) groups excluding carboxylic acids is 1. The molecule has 5 rings (SSSR count). The topological polar surface area (TPSA) is 102 Å². The Kier molecular flexibility index (Phi) is 4.83. The fourth-order valence-electron chi connectivity index (χ4n) is 4.15. The molecule has 0 fully saturated rings. The number of aryl methyl sites for hydroxylation is 1. The van der Waals surface area contributed by atoms with E-state index >= 15 is 0 Å². The van der Waals surface area contributed by atoms with Gasteiger partial charge in [0.1, 0.15) is 22.9 Å². The first-order valence-electron chi connectivity index (χ1n) is 10.0. The zero-order valence-electron chi connectivity index (χ0n) is 17.1. The van der Waals surface area contributed by atoms with Gasteiger partial charge in [0.2, 0.25) is 0 Å². The third kappa shape index (κ3) is 3.27. The van der Waals surface area contributed by atoms with Gasteiger partial charge in [-0.2, -0.15) is 5.10 Å². The van der Waals surface area contributed by atoms with E-state index in [0.717, 1.165) is 16.7 Å². The van der Waals surface area contributed by atoms with Crippen molar-refractivity contribution in [2.75, 3.05) is 0 Å². The number of benzene rings is 2. The van der Waals surface area contributed by atoms with E-state index in [-0.39, 0.29) is 17.4 Å². The molecule has 3 heterocycles. The smallest absolute Gasteiger partial charge is 0.273 e. The molecule has 0 bridgehead atoms. The van der Waals surface area contributed by atoms with Crippen LogP contribution in [-0.2, 0) is 6.54 Å². The molecule has 0 saturated heterocycles. The molecule has 8 heteroatoms. The molecule has 2 aromatic carbocycles. The number of rotatable bonds is 4. The standard InChI is InChI=1S/C24H19ClN4O3/c1-13-8-19(31)17(10-18(13)25)21-20-22(28-27-21)24(32)29(12-14-4-3-7-26-11-14)23(20)15-5-2-6-16(30)9-15/h2-11,23,30-31H,12H2,1H3,(H,27,28). The van der Waals surface area contributed by atoms with Crippen LogP contribution in [0.5, 0.6) is 11.5 Å². The molecular formula is C24H19ClN4O3. The van der Waals surface area contributed by atoms with Gasteiger partial charge in [-0.05, 0) is 53.9 Å². The minimum Gasteiger partial charge on any atom is -0.508 e. The molecule has 1 unspecified atom stereocenters. The summed E-state index contributed by atoms with van der Waals surface area (Å²) < 4.78 is 0. The molecule has 1 aliphatic rings. The van der Waals surface area contributed by atoms with Crippen LogP contribution in [0.25, 0.3) is 11.3 Å². The number of aromatic hydroxyl groups is 2. The molecular weight excluding hydrogens is 428 g/mol. The summed E-state index contributed by atoms with van der Waals surface area (Å²) in [7, 11) is 0. The number of aromatic amines is 1. The molecule has 2 aromatic heterocycles. The number of phenols is 2. The highest BCUT2D eigenvalue weighted by molar-refractivity contribution is 6.31. The summed E-state index contributed by atoms with van der Waals surface area (Å²) >= 11 is 6.33. The van der Waals surface area contributed by atoms with Crippen molar-refractivity contribution >= 4 is 17.5 Å². The minimum absolute atomic E-state index is 0.0222. The Hall–Kier alpha value is -3.84. The second kappa shape index (κ2) is 7.69. The molecule has 0 saturated carbocycles. The molecule has 32 heavy (non-hydrogen) atoms. The van der Waals surface area contributed by atoms with Crippen molar-refractivity contribution in [2.45, 2.75) is 19.5 Å². The highest BCUT2D eigenvalue weighted by Crippen LogP contribution is 2.46. The van der Waals surface area contributed by atoms with Gasteiger partial charge < -0.3 is 15.1 Å². The molecule has 1 atom stereocenters. The number of amides is 1. The van der Waals surface area contributed by atoms with Crippen LogP contribution in [0, 0.1) is 6.92 Å². The van der Waals surface area contributed by atoms with E-state index in [4.69, 9.17) is 11.6 Å². The van der Waals surface area contributed by atoms with Crippen LogP contribution in [0.4, 0.5) is 0 Å². The van der Waals surface area contributed by atoms with Gasteiger partial charge in [-0.25, -0.2) is 0 Å². The van der Waals surface area contributed by atoms with Crippen molar-refractivity contribution in [3.8, 4) is 22.8 Å². The number of carbonyl (C=O) groups is 1. The summed E-state index contributed by atoms with van der Waals surface area (Å²) in [6.07, 6.45) is 3.39. The van der Waals surface area contributed by atoms with E-state index in [1.54, 1.807) is 54.5 Å². The van der Waals surface area contributed by atoms with Crippen molar-refractivity contribution in [1.82, 2.24) is 20.1 Å². The van der Waals surface area contributed by atoms with Crippen LogP contribution >= 0.6 is 11.6 Å². The van der Waals surface area contributed by atoms with E-state index in [0.29, 0.717) is 34.1 Å². The summed E-state index contributed by atoms with van der Waals surface area (Å²) in [4.78, 5) is 19.3. The summed E-state index contributed by atoms with van der Waals surface area (Å²) in [6.45, 7) is 2.12. The first kappa shape index (κ1) is 20.1. The van der Waals surface area contributed by atoms with Gasteiger partial charge in [0, 0.05) is 35.1 Å². The maximum atomic E-state index is 13.4. The Morgan fingerprint density at radius 3 is 2.75 bits per heavy atom. The largest absolute Gasteiger partial charge is 0.508 e. The SMILES string of the molecule is Cc1cc(O)c(-c2n[nH]c3c2C(c2cccc(O)c2)N(Cc2cccnc2)C3=O)cc1Cl. The van der Waals surface area contributed by atoms with E-state index < -0.39 is 6.04 Å². The molecule has 0 spiro atoms. The van der Waals surface area contributed by atoms with Crippen molar-refractivity contribution in [3.05, 3.63) is 93.9 Å². The zero-order valence-corrected chi connectivity index (χ0v) is 17.8. The van der Waals surface area contributed by atoms with Crippen molar-refractivity contribution < 1.29 is 15.0 Å². The van der Waals surface area contributed by atoms with Crippen LogP contribution in [-0.4, -0.2) is 36.2 Å². The van der Waals surface area contributed by atoms with E-state index in [9.17, 15) is 15.0 Å². The number of nitrogens with one attached hydrogen (secondary N) is 1. The summed E-state index contributed by atoms with van der Waals surface area (Å²) in [5.41, 5.74) is 4.16. The molecule has 1 amide bonds. The van der Waals surface area contributed by atoms with Gasteiger partial charge in [0.05, 0.1) is 6.04 Å². The Morgan fingerprint density at radius 2 is 2.00 bits per heavy atom. The first-order chi connectivity index (χ1) is 15.4. The molecule has 160 valence electrons. The molecule has 0 radical (unpaired) electrons. The Balaban J connectivity index is 1.69. The second-order valence-electron chi connectivity index (χ2n) is 7.77. The predicted octanol–water partition coefficient (Wildman–Crippen LogP) is 4.59. The Morgan fingerprint density at radius 1 is 1.16 bits per heavy atom. The van der Waals surface area contributed by atoms with Crippen molar-refractivity contribution in [3.63, 3.8) is 0 Å². The summed E-state index contributed by atoms with van der Waals surface area (Å²) in [5.74, 6) is -0.112. The highest BCUT2D eigenvalue weighted by atomic mass is 35.5. The third-order valence-corrected chi connectivity index (χ3v) is 6.06. The minimum atomic E-state index is -0.530. The molecule has 4 aromatic rings. The quantitative estimate of drug-likeness (QED) is 0.425. The number of H-pyrrole nitrogens is 1. The zero-order chi connectivity index (χ0) is 22.4. The lowest BCUT2D eigenvalue weighted by Crippen LogP contribution is -2.29. The van der Waals surface area contributed by atoms with Gasteiger partial charge >= 0.3 is 0 Å². The van der Waals surface area contributed by atoms with E-state index in [1.807, 2.05) is 18.2 Å². The van der Waals surface area contributed by atoms with Crippen LogP contribution in [0.3, 0.4) is 0 Å². The number of pyridine rings is 1. The highest BCUT2D eigenvalue weighted by Gasteiger charge is 2.42. The monoisotopic (exact) mass is 446 g/mol. The van der Waals surface area contributed by atoms with Gasteiger partial charge in [0.15, 0.2) is 0 Å². The van der Waals surface area contributed by atoms with Gasteiger partial charge in [-0.3, -0.25) is 14.9 Å². The van der Waals surface area contributed by atoms with E-state index in [1.165, 1.54) is 0 Å². The van der Waals surface area contributed by atoms with Gasteiger partial charge in [-0.15, -0.1) is 0 Å². The second-order valence-corrected chi connectivity index (χ2v) is 8.18. The average molecular weight is 447 g/mol. The lowest BCUT2D eigenvalue weighted by atomic mass is 9.95. The number of hydrogen-bond donors (Lipinski definition) is 3. The van der Waals surface area contributed by atoms with Crippen LogP contribution < -0.4 is 0 Å². The average Bonchev–Trinajstić information content (AvgIpc) is 3.31. The van der Waals surface area contributed by atoms with Crippen LogP contribution in [0.2, 0.25) is 5.02 Å². The summed E-state index contributed by atoms with van der Waals surface area (Å²) in [6, 6.07) is 13.2. The number of halogens is 1. The summed E-state index contributed by atoms with van der Waals surface area (Å²) in [5, 5.41) is 28.4. The predicted molar refractivity (Wildman–Crippen MR) is 119 cm³/mol. The molecule has 1 aliphatic heterocycles. The molecule has 0 aliphatic carbocycles. The van der Waals surface area contributed by atoms with Gasteiger partial charge in [-0.1, -0.05) is 29.8 Å². The lowest BCUT2D eigenvalue weighted by molar-refractivity contribution is 0.0729. The van der Waals surface area contributed by atoms with Gasteiger partial charge in [0.25, 0.3) is 5.91 Å². The van der Waals surface area contributed by atoms with Crippen molar-refractivity contribution in [2.24, 2.45) is 0 Å². The van der Waals surface area contributed by atoms with E-state index in [2.05, 4.69) is 15.2 Å². The fraction of sp³-hybridized carbons (Fsp3) is 0.125. The maximum Gasteiger partial charge on any atom is 0.273 e. The molecule has 3 N–H and O–H groups in total. The number of fused-ring (bicyclic) bond motifs is 1. The third-order valence-electron chi connectivity index (χ3n) is 5.66. The maximum absolute atomic E-state index is 13.4. The number of hydrogen-bond acceptors (Lipinski definition) is 5.